The molecule has 0 saturated carbocycles. The minimum absolute atomic E-state index is 0.0424. The van der Waals surface area contributed by atoms with Crippen molar-refractivity contribution in [1.29, 1.82) is 0 Å². The van der Waals surface area contributed by atoms with Crippen LogP contribution in [0.3, 0.4) is 0 Å². The van der Waals surface area contributed by atoms with Gasteiger partial charge in [0, 0.05) is 56.5 Å². The Kier molecular flexibility index (Phi) is 7.37. The summed E-state index contributed by atoms with van der Waals surface area (Å²) in [7, 11) is 1.77. The number of piperidine rings is 1. The third-order valence-electron chi connectivity index (χ3n) is 8.04. The number of aromatic nitrogens is 1. The van der Waals surface area contributed by atoms with Crippen LogP contribution in [0.4, 0.5) is 11.4 Å². The largest absolute Gasteiger partial charge is 0.369 e. The molecular formula is C33H31ClN4O3. The zero-order valence-electron chi connectivity index (χ0n) is 22.8. The molecule has 1 fully saturated rings. The Morgan fingerprint density at radius 3 is 2.51 bits per heavy atom. The molecule has 2 bridgehead atoms. The van der Waals surface area contributed by atoms with Crippen LogP contribution < -0.4 is 15.8 Å². The molecule has 2 aliphatic rings. The van der Waals surface area contributed by atoms with E-state index in [1.165, 1.54) is 0 Å². The van der Waals surface area contributed by atoms with E-state index >= 15 is 0 Å². The van der Waals surface area contributed by atoms with Crippen LogP contribution in [0.1, 0.15) is 44.3 Å². The summed E-state index contributed by atoms with van der Waals surface area (Å²) in [6.07, 6.45) is 1.02. The Balaban J connectivity index is 1.33. The summed E-state index contributed by atoms with van der Waals surface area (Å²) in [5.41, 5.74) is 4.37. The van der Waals surface area contributed by atoms with Gasteiger partial charge in [-0.15, -0.1) is 0 Å². The number of hydrogen-bond acceptors (Lipinski definition) is 4. The van der Waals surface area contributed by atoms with Crippen molar-refractivity contribution in [3.8, 4) is 0 Å². The second-order valence-corrected chi connectivity index (χ2v) is 11.3. The van der Waals surface area contributed by atoms with E-state index in [2.05, 4.69) is 10.2 Å². The quantitative estimate of drug-likeness (QED) is 0.327. The molecule has 3 aromatic carbocycles. The van der Waals surface area contributed by atoms with Crippen LogP contribution in [0, 0.1) is 5.92 Å². The topological polar surface area (TPSA) is 74.7 Å². The van der Waals surface area contributed by atoms with E-state index < -0.39 is 0 Å². The highest BCUT2D eigenvalue weighted by Gasteiger charge is 2.35. The van der Waals surface area contributed by atoms with E-state index in [1.807, 2.05) is 59.2 Å². The molecule has 2 amide bonds. The van der Waals surface area contributed by atoms with Crippen molar-refractivity contribution < 1.29 is 9.59 Å². The van der Waals surface area contributed by atoms with Gasteiger partial charge in [-0.2, -0.15) is 0 Å². The standard InChI is InChI=1S/C33H31ClN4O3/c1-36(18-22-8-3-2-4-9-22)33(41)24-14-15-30(28(17-24)35-32(40)26-10-5-6-11-27(26)34)37-19-23-16-25(21-37)29-12-7-13-31(39)38(29)20-23/h2-15,17,23,25H,16,18-21H2,1H3,(H,35,40)/t23-,25+/m1/s1. The minimum Gasteiger partial charge on any atom is -0.369 e. The van der Waals surface area contributed by atoms with Crippen molar-refractivity contribution in [2.24, 2.45) is 5.92 Å². The maximum absolute atomic E-state index is 13.5. The molecular weight excluding hydrogens is 536 g/mol. The van der Waals surface area contributed by atoms with Crippen molar-refractivity contribution in [2.45, 2.75) is 25.4 Å². The Labute approximate surface area is 244 Å². The molecule has 2 atom stereocenters. The number of carbonyl (C=O) groups excluding carboxylic acids is 2. The molecule has 1 N–H and O–H groups in total. The van der Waals surface area contributed by atoms with Crippen LogP contribution in [0.25, 0.3) is 0 Å². The molecule has 41 heavy (non-hydrogen) atoms. The van der Waals surface area contributed by atoms with Gasteiger partial charge in [0.15, 0.2) is 0 Å². The van der Waals surface area contributed by atoms with Crippen LogP contribution >= 0.6 is 11.6 Å². The van der Waals surface area contributed by atoms with Gasteiger partial charge in [-0.25, -0.2) is 0 Å². The number of nitrogens with one attached hydrogen (secondary N) is 1. The van der Waals surface area contributed by atoms with Gasteiger partial charge in [0.1, 0.15) is 0 Å². The SMILES string of the molecule is CN(Cc1ccccc1)C(=O)c1ccc(N2C[C@H]3C[C@@H](C2)c2cccc(=O)n2C3)c(NC(=O)c2ccccc2Cl)c1. The fourth-order valence-electron chi connectivity index (χ4n) is 6.12. The number of nitrogens with zero attached hydrogens (tertiary/aromatic N) is 3. The predicted molar refractivity (Wildman–Crippen MR) is 162 cm³/mol. The van der Waals surface area contributed by atoms with Gasteiger partial charge in [-0.05, 0) is 54.3 Å². The van der Waals surface area contributed by atoms with Crippen molar-refractivity contribution >= 4 is 34.8 Å². The number of anilines is 2. The summed E-state index contributed by atoms with van der Waals surface area (Å²) in [5, 5.41) is 3.41. The second kappa shape index (κ2) is 11.3. The summed E-state index contributed by atoms with van der Waals surface area (Å²) >= 11 is 6.34. The number of amides is 2. The van der Waals surface area contributed by atoms with Gasteiger partial charge in [-0.1, -0.05) is 60.1 Å². The van der Waals surface area contributed by atoms with E-state index in [9.17, 15) is 14.4 Å². The van der Waals surface area contributed by atoms with E-state index in [-0.39, 0.29) is 23.3 Å². The molecule has 1 aromatic heterocycles. The Morgan fingerprint density at radius 1 is 0.927 bits per heavy atom. The third-order valence-corrected chi connectivity index (χ3v) is 8.37. The third kappa shape index (κ3) is 5.50. The van der Waals surface area contributed by atoms with Crippen molar-refractivity contribution in [2.75, 3.05) is 30.4 Å². The van der Waals surface area contributed by atoms with Gasteiger partial charge in [-0.3, -0.25) is 14.4 Å². The fourth-order valence-corrected chi connectivity index (χ4v) is 6.34. The van der Waals surface area contributed by atoms with Crippen molar-refractivity contribution in [3.63, 3.8) is 0 Å². The summed E-state index contributed by atoms with van der Waals surface area (Å²) in [4.78, 5) is 43.3. The number of rotatable bonds is 6. The zero-order chi connectivity index (χ0) is 28.5. The van der Waals surface area contributed by atoms with E-state index in [0.717, 1.165) is 29.9 Å². The first-order chi connectivity index (χ1) is 19.9. The fraction of sp³-hybridized carbons (Fsp3) is 0.242. The summed E-state index contributed by atoms with van der Waals surface area (Å²) in [5.74, 6) is 0.0132. The number of hydrogen-bond donors (Lipinski definition) is 1. The van der Waals surface area contributed by atoms with E-state index in [4.69, 9.17) is 11.6 Å². The Morgan fingerprint density at radius 2 is 1.71 bits per heavy atom. The van der Waals surface area contributed by atoms with Crippen LogP contribution in [0.2, 0.25) is 5.02 Å². The Bertz CT molecular complexity index is 1670. The Hall–Kier alpha value is -4.36. The molecule has 7 nitrogen and oxygen atoms in total. The number of fused-ring (bicyclic) bond motifs is 4. The normalized spacial score (nSPS) is 17.5. The average molecular weight is 567 g/mol. The van der Waals surface area contributed by atoms with Crippen LogP contribution in [-0.4, -0.2) is 41.4 Å². The minimum atomic E-state index is -0.340. The van der Waals surface area contributed by atoms with Crippen molar-refractivity contribution in [3.05, 3.63) is 129 Å². The predicted octanol–water partition coefficient (Wildman–Crippen LogP) is 5.65. The van der Waals surface area contributed by atoms with Gasteiger partial charge in [0.2, 0.25) is 0 Å². The molecule has 1 saturated heterocycles. The van der Waals surface area contributed by atoms with E-state index in [1.54, 1.807) is 48.3 Å². The zero-order valence-corrected chi connectivity index (χ0v) is 23.6. The highest BCUT2D eigenvalue weighted by Crippen LogP contribution is 2.39. The molecule has 8 heteroatoms. The first kappa shape index (κ1) is 26.8. The maximum atomic E-state index is 13.5. The number of halogens is 1. The highest BCUT2D eigenvalue weighted by molar-refractivity contribution is 6.34. The summed E-state index contributed by atoms with van der Waals surface area (Å²) in [6, 6.07) is 27.7. The number of benzene rings is 3. The molecule has 0 radical (unpaired) electrons. The molecule has 0 aliphatic carbocycles. The lowest BCUT2D eigenvalue weighted by atomic mass is 9.83. The molecule has 208 valence electrons. The van der Waals surface area contributed by atoms with Crippen LogP contribution in [0.5, 0.6) is 0 Å². The number of pyridine rings is 1. The first-order valence-corrected chi connectivity index (χ1v) is 14.2. The lowest BCUT2D eigenvalue weighted by molar-refractivity contribution is 0.0784. The van der Waals surface area contributed by atoms with Gasteiger partial charge in [0.05, 0.1) is 22.0 Å². The molecule has 3 heterocycles. The molecule has 0 unspecified atom stereocenters. The smallest absolute Gasteiger partial charge is 0.257 e. The lowest BCUT2D eigenvalue weighted by Gasteiger charge is -2.44. The molecule has 2 aliphatic heterocycles. The second-order valence-electron chi connectivity index (χ2n) is 10.9. The monoisotopic (exact) mass is 566 g/mol. The maximum Gasteiger partial charge on any atom is 0.257 e. The van der Waals surface area contributed by atoms with Gasteiger partial charge < -0.3 is 19.7 Å². The molecule has 4 aromatic rings. The first-order valence-electron chi connectivity index (χ1n) is 13.8. The number of carbonyl (C=O) groups is 2. The highest BCUT2D eigenvalue weighted by atomic mass is 35.5. The lowest BCUT2D eigenvalue weighted by Crippen LogP contribution is -2.47. The summed E-state index contributed by atoms with van der Waals surface area (Å²) < 4.78 is 1.90. The summed E-state index contributed by atoms with van der Waals surface area (Å²) in [6.45, 7) is 2.59. The van der Waals surface area contributed by atoms with Crippen LogP contribution in [0.15, 0.2) is 95.8 Å². The average Bonchev–Trinajstić information content (AvgIpc) is 2.98. The van der Waals surface area contributed by atoms with Crippen molar-refractivity contribution in [1.82, 2.24) is 9.47 Å². The molecule has 6 rings (SSSR count). The van der Waals surface area contributed by atoms with Gasteiger partial charge in [0.25, 0.3) is 17.4 Å². The molecule has 0 spiro atoms. The van der Waals surface area contributed by atoms with E-state index in [0.29, 0.717) is 47.4 Å². The van der Waals surface area contributed by atoms with Crippen LogP contribution in [-0.2, 0) is 13.1 Å². The van der Waals surface area contributed by atoms with Gasteiger partial charge >= 0.3 is 0 Å².